The van der Waals surface area contributed by atoms with E-state index in [9.17, 15) is 0 Å². The highest BCUT2D eigenvalue weighted by Gasteiger charge is 2.01. The van der Waals surface area contributed by atoms with E-state index in [4.69, 9.17) is 11.6 Å². The molecule has 0 atom stereocenters. The van der Waals surface area contributed by atoms with Gasteiger partial charge in [-0.05, 0) is 29.8 Å². The van der Waals surface area contributed by atoms with Gasteiger partial charge in [-0.25, -0.2) is 0 Å². The van der Waals surface area contributed by atoms with Crippen LogP contribution in [0, 0.1) is 0 Å². The van der Waals surface area contributed by atoms with Crippen molar-refractivity contribution in [1.29, 1.82) is 0 Å². The van der Waals surface area contributed by atoms with Crippen LogP contribution in [0.15, 0.2) is 54.9 Å². The quantitative estimate of drug-likeness (QED) is 0.724. The Morgan fingerprint density at radius 3 is 2.61 bits per heavy atom. The fourth-order valence-corrected chi connectivity index (χ4v) is 2.06. The Labute approximate surface area is 139 Å². The van der Waals surface area contributed by atoms with E-state index in [1.807, 2.05) is 42.5 Å². The number of rotatable bonds is 6. The summed E-state index contributed by atoms with van der Waals surface area (Å²) in [5.41, 5.74) is 2.02. The maximum absolute atomic E-state index is 5.87. The third-order valence-corrected chi connectivity index (χ3v) is 3.35. The van der Waals surface area contributed by atoms with Crippen molar-refractivity contribution in [3.05, 3.63) is 71.1 Å². The summed E-state index contributed by atoms with van der Waals surface area (Å²) in [5, 5.41) is 14.9. The standard InChI is InChI=1S/C16H15ClN6/c17-13-6-4-12(5-7-13)9-19-15-11-21-23-16(22-15)20-10-14-3-1-2-8-18-14/h1-8,11H,9-10H2,(H2,19,20,22,23). The highest BCUT2D eigenvalue weighted by Crippen LogP contribution is 2.11. The predicted octanol–water partition coefficient (Wildman–Crippen LogP) is 3.14. The van der Waals surface area contributed by atoms with Gasteiger partial charge in [0.25, 0.3) is 0 Å². The fourth-order valence-electron chi connectivity index (χ4n) is 1.93. The monoisotopic (exact) mass is 326 g/mol. The molecule has 3 aromatic rings. The first-order valence-electron chi connectivity index (χ1n) is 7.11. The van der Waals surface area contributed by atoms with Crippen molar-refractivity contribution in [1.82, 2.24) is 20.2 Å². The molecule has 0 bridgehead atoms. The Bertz CT molecular complexity index is 748. The summed E-state index contributed by atoms with van der Waals surface area (Å²) in [7, 11) is 0. The van der Waals surface area contributed by atoms with E-state index in [1.165, 1.54) is 0 Å². The van der Waals surface area contributed by atoms with Gasteiger partial charge in [-0.2, -0.15) is 10.1 Å². The summed E-state index contributed by atoms with van der Waals surface area (Å²) in [6.45, 7) is 1.18. The van der Waals surface area contributed by atoms with Crippen LogP contribution in [0.1, 0.15) is 11.3 Å². The van der Waals surface area contributed by atoms with E-state index in [0.29, 0.717) is 24.9 Å². The number of nitrogens with one attached hydrogen (secondary N) is 2. The number of hydrogen-bond donors (Lipinski definition) is 2. The lowest BCUT2D eigenvalue weighted by molar-refractivity contribution is 0.925. The summed E-state index contributed by atoms with van der Waals surface area (Å²) in [6, 6.07) is 13.4. The molecule has 2 aromatic heterocycles. The van der Waals surface area contributed by atoms with E-state index in [-0.39, 0.29) is 0 Å². The lowest BCUT2D eigenvalue weighted by Crippen LogP contribution is -2.08. The third-order valence-electron chi connectivity index (χ3n) is 3.10. The normalized spacial score (nSPS) is 10.3. The molecule has 1 aromatic carbocycles. The molecule has 6 nitrogen and oxygen atoms in total. The molecule has 0 saturated heterocycles. The van der Waals surface area contributed by atoms with E-state index in [0.717, 1.165) is 16.3 Å². The first-order valence-corrected chi connectivity index (χ1v) is 7.49. The van der Waals surface area contributed by atoms with Gasteiger partial charge in [0.05, 0.1) is 18.4 Å². The molecular formula is C16H15ClN6. The summed E-state index contributed by atoms with van der Waals surface area (Å²) in [4.78, 5) is 8.61. The summed E-state index contributed by atoms with van der Waals surface area (Å²) in [5.74, 6) is 1.11. The molecule has 0 radical (unpaired) electrons. The van der Waals surface area contributed by atoms with Gasteiger partial charge in [0.15, 0.2) is 5.82 Å². The zero-order valence-electron chi connectivity index (χ0n) is 12.3. The van der Waals surface area contributed by atoms with Gasteiger partial charge in [-0.1, -0.05) is 29.8 Å². The minimum Gasteiger partial charge on any atom is -0.365 e. The van der Waals surface area contributed by atoms with E-state index in [2.05, 4.69) is 30.8 Å². The number of nitrogens with zero attached hydrogens (tertiary/aromatic N) is 4. The Morgan fingerprint density at radius 2 is 1.83 bits per heavy atom. The van der Waals surface area contributed by atoms with Crippen molar-refractivity contribution in [3.8, 4) is 0 Å². The van der Waals surface area contributed by atoms with Crippen molar-refractivity contribution in [2.75, 3.05) is 10.6 Å². The molecule has 2 N–H and O–H groups in total. The lowest BCUT2D eigenvalue weighted by Gasteiger charge is -2.07. The minimum absolute atomic E-state index is 0.455. The second kappa shape index (κ2) is 7.51. The molecule has 3 rings (SSSR count). The molecule has 0 fully saturated rings. The molecule has 0 spiro atoms. The largest absolute Gasteiger partial charge is 0.365 e. The number of aromatic nitrogens is 4. The molecule has 2 heterocycles. The molecule has 23 heavy (non-hydrogen) atoms. The average Bonchev–Trinajstić information content (AvgIpc) is 2.61. The van der Waals surface area contributed by atoms with Gasteiger partial charge in [0.2, 0.25) is 5.95 Å². The van der Waals surface area contributed by atoms with E-state index >= 15 is 0 Å². The summed E-state index contributed by atoms with van der Waals surface area (Å²) < 4.78 is 0. The van der Waals surface area contributed by atoms with Crippen molar-refractivity contribution in [3.63, 3.8) is 0 Å². The van der Waals surface area contributed by atoms with Gasteiger partial charge < -0.3 is 10.6 Å². The smallest absolute Gasteiger partial charge is 0.245 e. The van der Waals surface area contributed by atoms with Crippen LogP contribution < -0.4 is 10.6 Å². The van der Waals surface area contributed by atoms with Crippen LogP contribution >= 0.6 is 11.6 Å². The number of hydrogen-bond acceptors (Lipinski definition) is 6. The number of pyridine rings is 1. The maximum atomic E-state index is 5.87. The number of halogens is 1. The molecule has 0 aliphatic carbocycles. The maximum Gasteiger partial charge on any atom is 0.245 e. The zero-order chi connectivity index (χ0) is 15.9. The third kappa shape index (κ3) is 4.62. The molecule has 0 amide bonds. The second-order valence-electron chi connectivity index (χ2n) is 4.82. The molecule has 0 aliphatic heterocycles. The van der Waals surface area contributed by atoms with Crippen LogP contribution in [0.5, 0.6) is 0 Å². The van der Waals surface area contributed by atoms with E-state index < -0.39 is 0 Å². The van der Waals surface area contributed by atoms with Gasteiger partial charge in [-0.3, -0.25) is 4.98 Å². The lowest BCUT2D eigenvalue weighted by atomic mass is 10.2. The highest BCUT2D eigenvalue weighted by atomic mass is 35.5. The van der Waals surface area contributed by atoms with Crippen LogP contribution in [0.4, 0.5) is 11.8 Å². The predicted molar refractivity (Wildman–Crippen MR) is 90.2 cm³/mol. The SMILES string of the molecule is Clc1ccc(CNc2cnnc(NCc3ccccn3)n2)cc1. The first-order chi connectivity index (χ1) is 11.3. The van der Waals surface area contributed by atoms with Crippen LogP contribution in [-0.4, -0.2) is 20.2 Å². The molecule has 7 heteroatoms. The topological polar surface area (TPSA) is 75.6 Å². The van der Waals surface area contributed by atoms with Crippen molar-refractivity contribution in [2.24, 2.45) is 0 Å². The molecule has 0 saturated carbocycles. The minimum atomic E-state index is 0.455. The second-order valence-corrected chi connectivity index (χ2v) is 5.26. The van der Waals surface area contributed by atoms with Crippen molar-refractivity contribution >= 4 is 23.4 Å². The van der Waals surface area contributed by atoms with Gasteiger partial charge in [0.1, 0.15) is 0 Å². The molecular weight excluding hydrogens is 312 g/mol. The van der Waals surface area contributed by atoms with Crippen molar-refractivity contribution in [2.45, 2.75) is 13.1 Å². The first kappa shape index (κ1) is 15.2. The van der Waals surface area contributed by atoms with Crippen LogP contribution in [0.25, 0.3) is 0 Å². The summed E-state index contributed by atoms with van der Waals surface area (Å²) in [6.07, 6.45) is 3.34. The zero-order valence-corrected chi connectivity index (χ0v) is 13.0. The van der Waals surface area contributed by atoms with Crippen LogP contribution in [0.2, 0.25) is 5.02 Å². The van der Waals surface area contributed by atoms with Crippen LogP contribution in [0.3, 0.4) is 0 Å². The average molecular weight is 327 g/mol. The highest BCUT2D eigenvalue weighted by molar-refractivity contribution is 6.30. The van der Waals surface area contributed by atoms with Crippen LogP contribution in [-0.2, 0) is 13.1 Å². The number of benzene rings is 1. The van der Waals surface area contributed by atoms with Gasteiger partial charge in [-0.15, -0.1) is 5.10 Å². The van der Waals surface area contributed by atoms with Gasteiger partial charge in [0, 0.05) is 17.8 Å². The fraction of sp³-hybridized carbons (Fsp3) is 0.125. The van der Waals surface area contributed by atoms with E-state index in [1.54, 1.807) is 12.4 Å². The Balaban J connectivity index is 1.57. The molecule has 0 aliphatic rings. The Morgan fingerprint density at radius 1 is 0.957 bits per heavy atom. The Kier molecular flexibility index (Phi) is 4.95. The Hall–Kier alpha value is -2.73. The molecule has 0 unspecified atom stereocenters. The summed E-state index contributed by atoms with van der Waals surface area (Å²) >= 11 is 5.87. The number of anilines is 2. The molecule has 116 valence electrons. The van der Waals surface area contributed by atoms with Gasteiger partial charge >= 0.3 is 0 Å². The van der Waals surface area contributed by atoms with Crippen molar-refractivity contribution < 1.29 is 0 Å².